The molecule has 1 aliphatic rings. The first-order valence-electron chi connectivity index (χ1n) is 8.25. The zero-order chi connectivity index (χ0) is 20.8. The van der Waals surface area contributed by atoms with E-state index >= 15 is 0 Å². The summed E-state index contributed by atoms with van der Waals surface area (Å²) in [6, 6.07) is 3.62. The summed E-state index contributed by atoms with van der Waals surface area (Å²) in [4.78, 5) is 17.4. The molecule has 0 radical (unpaired) electrons. The molecule has 144 valence electrons. The van der Waals surface area contributed by atoms with Crippen molar-refractivity contribution in [2.24, 2.45) is 10.7 Å². The number of likely N-dealkylation sites (N-methyl/N-ethyl adjacent to an activating group) is 1. The highest BCUT2D eigenvalue weighted by molar-refractivity contribution is 6.04. The average molecular weight is 371 g/mol. The smallest absolute Gasteiger partial charge is 0.258 e. The first kappa shape index (κ1) is 23.9. The number of carbonyl (C=O) groups excluding carboxylic acids is 1. The van der Waals surface area contributed by atoms with Gasteiger partial charge in [-0.2, -0.15) is 0 Å². The number of amides is 1. The number of methoxy groups -OCH3 is 1. The molecule has 0 fully saturated rings. The maximum Gasteiger partial charge on any atom is 0.258 e. The second-order valence-corrected chi connectivity index (χ2v) is 5.24. The highest BCUT2D eigenvalue weighted by atomic mass is 19.1. The van der Waals surface area contributed by atoms with Crippen LogP contribution in [0.3, 0.4) is 0 Å². The number of allylic oxidation sites excluding steroid dienone is 2. The number of hydrogen-bond acceptors (Lipinski definition) is 4. The molecule has 1 amide bonds. The molecule has 1 aliphatic heterocycles. The van der Waals surface area contributed by atoms with Gasteiger partial charge in [0.25, 0.3) is 5.91 Å². The number of nitrogens with two attached hydrogens (primary N) is 1. The van der Waals surface area contributed by atoms with Gasteiger partial charge in [0.05, 0.1) is 12.2 Å². The highest BCUT2D eigenvalue weighted by Crippen LogP contribution is 2.25. The van der Waals surface area contributed by atoms with Crippen LogP contribution < -0.4 is 5.73 Å². The van der Waals surface area contributed by atoms with Gasteiger partial charge in [0, 0.05) is 20.6 Å². The van der Waals surface area contributed by atoms with E-state index in [1.807, 2.05) is 26.0 Å². The Morgan fingerprint density at radius 2 is 2.00 bits per heavy atom. The second kappa shape index (κ2) is 13.2. The summed E-state index contributed by atoms with van der Waals surface area (Å²) in [5, 5.41) is 0. The maximum atomic E-state index is 13.7. The minimum atomic E-state index is -0.727. The van der Waals surface area contributed by atoms with Crippen molar-refractivity contribution in [3.63, 3.8) is 0 Å². The van der Waals surface area contributed by atoms with Gasteiger partial charge in [-0.25, -0.2) is 9.38 Å². The van der Waals surface area contributed by atoms with Crippen molar-refractivity contribution in [1.82, 2.24) is 4.90 Å². The fourth-order valence-electron chi connectivity index (χ4n) is 1.91. The van der Waals surface area contributed by atoms with Crippen molar-refractivity contribution in [2.75, 3.05) is 20.8 Å². The van der Waals surface area contributed by atoms with E-state index in [2.05, 4.69) is 29.7 Å². The Balaban J connectivity index is 0.000000998. The van der Waals surface area contributed by atoms with Crippen LogP contribution in [0.1, 0.15) is 37.4 Å². The number of terminal acetylenes is 1. The molecule has 0 aromatic heterocycles. The van der Waals surface area contributed by atoms with Gasteiger partial charge >= 0.3 is 0 Å². The van der Waals surface area contributed by atoms with Gasteiger partial charge in [-0.05, 0) is 31.5 Å². The molecule has 1 heterocycles. The molecule has 2 N–H and O–H groups in total. The van der Waals surface area contributed by atoms with Crippen LogP contribution in [0.15, 0.2) is 35.3 Å². The minimum absolute atomic E-state index is 0.155. The van der Waals surface area contributed by atoms with Crippen molar-refractivity contribution in [3.8, 4) is 24.7 Å². The van der Waals surface area contributed by atoms with Crippen LogP contribution in [0.5, 0.6) is 0 Å². The first-order valence-corrected chi connectivity index (χ1v) is 8.25. The summed E-state index contributed by atoms with van der Waals surface area (Å²) in [7, 11) is 3.13. The summed E-state index contributed by atoms with van der Waals surface area (Å²) < 4.78 is 18.6. The van der Waals surface area contributed by atoms with Gasteiger partial charge < -0.3 is 10.5 Å². The lowest BCUT2D eigenvalue weighted by molar-refractivity contribution is -0.126. The predicted octanol–water partition coefficient (Wildman–Crippen LogP) is 2.87. The van der Waals surface area contributed by atoms with Crippen LogP contribution in [0.2, 0.25) is 0 Å². The number of ether oxygens (including phenoxy) is 1. The maximum absolute atomic E-state index is 13.7. The van der Waals surface area contributed by atoms with E-state index in [1.54, 1.807) is 14.2 Å². The zero-order valence-electron chi connectivity index (χ0n) is 16.2. The lowest BCUT2D eigenvalue weighted by Gasteiger charge is -2.10. The van der Waals surface area contributed by atoms with Crippen molar-refractivity contribution in [1.29, 1.82) is 0 Å². The van der Waals surface area contributed by atoms with Gasteiger partial charge in [0.2, 0.25) is 0 Å². The Morgan fingerprint density at radius 1 is 1.37 bits per heavy atom. The quantitative estimate of drug-likeness (QED) is 0.505. The van der Waals surface area contributed by atoms with E-state index in [0.29, 0.717) is 18.6 Å². The molecule has 27 heavy (non-hydrogen) atoms. The third-order valence-corrected chi connectivity index (χ3v) is 3.46. The van der Waals surface area contributed by atoms with E-state index in [-0.39, 0.29) is 17.4 Å². The number of nitrogens with zero attached hydrogens (tertiary/aromatic N) is 2. The van der Waals surface area contributed by atoms with Gasteiger partial charge in [0.1, 0.15) is 5.82 Å². The van der Waals surface area contributed by atoms with Crippen molar-refractivity contribution < 1.29 is 13.9 Å². The second-order valence-electron chi connectivity index (χ2n) is 5.24. The topological polar surface area (TPSA) is 67.9 Å². The average Bonchev–Trinajstić information content (AvgIpc) is 2.95. The van der Waals surface area contributed by atoms with Crippen LogP contribution in [0, 0.1) is 30.5 Å². The zero-order valence-corrected chi connectivity index (χ0v) is 16.2. The van der Waals surface area contributed by atoms with Crippen molar-refractivity contribution >= 4 is 11.9 Å². The summed E-state index contributed by atoms with van der Waals surface area (Å²) in [6.07, 6.45) is 12.5. The van der Waals surface area contributed by atoms with Gasteiger partial charge in [-0.15, -0.1) is 12.8 Å². The molecule has 0 saturated heterocycles. The van der Waals surface area contributed by atoms with E-state index in [1.165, 1.54) is 23.1 Å². The molecule has 5 nitrogen and oxygen atoms in total. The molecule has 2 rings (SSSR count). The van der Waals surface area contributed by atoms with Gasteiger partial charge in [0.15, 0.2) is 12.0 Å². The Morgan fingerprint density at radius 3 is 2.48 bits per heavy atom. The van der Waals surface area contributed by atoms with Crippen LogP contribution in [-0.2, 0) is 9.53 Å². The number of guanidine groups is 1. The summed E-state index contributed by atoms with van der Waals surface area (Å²) in [6.45, 7) is 4.49. The fraction of sp³-hybridized carbons (Fsp3) is 0.333. The fourth-order valence-corrected chi connectivity index (χ4v) is 1.91. The number of carbonyl (C=O) groups is 1. The third kappa shape index (κ3) is 7.35. The van der Waals surface area contributed by atoms with E-state index in [4.69, 9.17) is 10.5 Å². The Labute approximate surface area is 161 Å². The number of hydrogen-bond donors (Lipinski definition) is 1. The number of benzene rings is 1. The minimum Gasteiger partial charge on any atom is -0.384 e. The van der Waals surface area contributed by atoms with Crippen molar-refractivity contribution in [3.05, 3.63) is 47.3 Å². The molecule has 1 aromatic rings. The Bertz CT molecular complexity index is 754. The van der Waals surface area contributed by atoms with E-state index < -0.39 is 11.9 Å². The number of rotatable bonds is 3. The lowest BCUT2D eigenvalue weighted by atomic mass is 10.0. The SMILES string of the molecule is C#C.C/C=C\C.COCCC#Cc1cc([C@H]2N=C(N)N(C)C2=O)ccc1F. The number of aliphatic imine (C=N–C) groups is 1. The molecular formula is C21H26FN3O2. The lowest BCUT2D eigenvalue weighted by Crippen LogP contribution is -2.34. The number of halogens is 1. The molecule has 0 unspecified atom stereocenters. The first-order chi connectivity index (χ1) is 13.0. The van der Waals surface area contributed by atoms with Crippen LogP contribution in [0.4, 0.5) is 4.39 Å². The summed E-state index contributed by atoms with van der Waals surface area (Å²) in [5.41, 5.74) is 6.43. The standard InChI is InChI=1S/C15H16FN3O2.C4H8.C2H2/c1-19-14(20)13(18-15(19)17)11-6-7-12(16)10(9-11)5-3-4-8-21-2;1-3-4-2;1-2/h6-7,9,13H,4,8H2,1-2H3,(H2,17,18);3-4H,1-2H3;1-2H/b;4-3-;/t13-;;/m1../s1. The molecule has 1 atom stereocenters. The normalized spacial score (nSPS) is 15.1. The molecule has 0 spiro atoms. The Hall–Kier alpha value is -3.09. The molecule has 6 heteroatoms. The summed E-state index contributed by atoms with van der Waals surface area (Å²) in [5.74, 6) is 5.04. The monoisotopic (exact) mass is 371 g/mol. The van der Waals surface area contributed by atoms with Crippen LogP contribution in [0.25, 0.3) is 0 Å². The van der Waals surface area contributed by atoms with Gasteiger partial charge in [-0.3, -0.25) is 9.69 Å². The summed E-state index contributed by atoms with van der Waals surface area (Å²) >= 11 is 0. The molecular weight excluding hydrogens is 345 g/mol. The molecule has 0 aliphatic carbocycles. The molecule has 0 bridgehead atoms. The molecule has 0 saturated carbocycles. The van der Waals surface area contributed by atoms with E-state index in [9.17, 15) is 9.18 Å². The highest BCUT2D eigenvalue weighted by Gasteiger charge is 2.31. The van der Waals surface area contributed by atoms with Gasteiger partial charge in [-0.1, -0.05) is 30.1 Å². The predicted molar refractivity (Wildman–Crippen MR) is 107 cm³/mol. The third-order valence-electron chi connectivity index (χ3n) is 3.46. The molecule has 1 aromatic carbocycles. The van der Waals surface area contributed by atoms with Crippen LogP contribution >= 0.6 is 0 Å². The van der Waals surface area contributed by atoms with Crippen molar-refractivity contribution in [2.45, 2.75) is 26.3 Å². The largest absolute Gasteiger partial charge is 0.384 e. The van der Waals surface area contributed by atoms with Crippen LogP contribution in [-0.4, -0.2) is 37.5 Å². The Kier molecular flexibility index (Phi) is 11.7. The van der Waals surface area contributed by atoms with E-state index in [0.717, 1.165) is 0 Å².